The number of anilines is 1. The predicted molar refractivity (Wildman–Crippen MR) is 74.0 cm³/mol. The van der Waals surface area contributed by atoms with Gasteiger partial charge in [-0.1, -0.05) is 17.7 Å². The number of rotatable bonds is 1. The third-order valence-electron chi connectivity index (χ3n) is 3.48. The Kier molecular flexibility index (Phi) is 3.87. The van der Waals surface area contributed by atoms with Gasteiger partial charge in [-0.2, -0.15) is 0 Å². The van der Waals surface area contributed by atoms with Crippen molar-refractivity contribution in [1.29, 1.82) is 0 Å². The van der Waals surface area contributed by atoms with Crippen LogP contribution in [-0.2, 0) is 0 Å². The Hall–Kier alpha value is -1.55. The highest BCUT2D eigenvalue weighted by molar-refractivity contribution is 5.91. The molecule has 0 aliphatic carbocycles. The number of hydrogen-bond acceptors (Lipinski definition) is 2. The van der Waals surface area contributed by atoms with Crippen molar-refractivity contribution in [1.82, 2.24) is 9.80 Å². The lowest BCUT2D eigenvalue weighted by molar-refractivity contribution is 0.160. The minimum absolute atomic E-state index is 0.0898. The summed E-state index contributed by atoms with van der Waals surface area (Å²) < 4.78 is 0. The van der Waals surface area contributed by atoms with Gasteiger partial charge in [0.1, 0.15) is 0 Å². The molecule has 1 saturated heterocycles. The summed E-state index contributed by atoms with van der Waals surface area (Å²) in [5.74, 6) is 0. The van der Waals surface area contributed by atoms with Gasteiger partial charge in [0.15, 0.2) is 0 Å². The zero-order valence-corrected chi connectivity index (χ0v) is 11.4. The van der Waals surface area contributed by atoms with Crippen molar-refractivity contribution in [3.63, 3.8) is 0 Å². The number of hydrogen-bond donors (Lipinski definition) is 0. The fourth-order valence-corrected chi connectivity index (χ4v) is 2.09. The van der Waals surface area contributed by atoms with Crippen LogP contribution in [0.2, 0.25) is 0 Å². The molecule has 18 heavy (non-hydrogen) atoms. The molecule has 4 heteroatoms. The lowest BCUT2D eigenvalue weighted by Crippen LogP contribution is -2.51. The van der Waals surface area contributed by atoms with E-state index in [4.69, 9.17) is 0 Å². The molecule has 0 saturated carbocycles. The van der Waals surface area contributed by atoms with Crippen molar-refractivity contribution in [2.24, 2.45) is 0 Å². The molecular formula is C14H21N3O. The number of aryl methyl sites for hydroxylation is 1. The average Bonchev–Trinajstić information content (AvgIpc) is 2.39. The Morgan fingerprint density at radius 3 is 2.22 bits per heavy atom. The summed E-state index contributed by atoms with van der Waals surface area (Å²) >= 11 is 0. The number of urea groups is 1. The molecule has 0 N–H and O–H groups in total. The highest BCUT2D eigenvalue weighted by Crippen LogP contribution is 2.15. The van der Waals surface area contributed by atoms with Crippen LogP contribution in [0.3, 0.4) is 0 Å². The van der Waals surface area contributed by atoms with E-state index in [-0.39, 0.29) is 6.03 Å². The van der Waals surface area contributed by atoms with E-state index in [0.29, 0.717) is 0 Å². The van der Waals surface area contributed by atoms with Crippen LogP contribution in [0.25, 0.3) is 0 Å². The van der Waals surface area contributed by atoms with Crippen molar-refractivity contribution in [3.8, 4) is 0 Å². The van der Waals surface area contributed by atoms with Gasteiger partial charge in [0.25, 0.3) is 0 Å². The van der Waals surface area contributed by atoms with E-state index in [1.165, 1.54) is 5.56 Å². The summed E-state index contributed by atoms with van der Waals surface area (Å²) in [5, 5.41) is 0. The molecule has 1 aliphatic rings. The fourth-order valence-electron chi connectivity index (χ4n) is 2.09. The summed E-state index contributed by atoms with van der Waals surface area (Å²) in [6, 6.07) is 8.13. The molecule has 1 fully saturated rings. The van der Waals surface area contributed by atoms with Gasteiger partial charge in [0.05, 0.1) is 0 Å². The van der Waals surface area contributed by atoms with Gasteiger partial charge in [0.2, 0.25) is 0 Å². The molecule has 4 nitrogen and oxygen atoms in total. The minimum atomic E-state index is 0.0898. The van der Waals surface area contributed by atoms with Crippen LogP contribution in [0.1, 0.15) is 5.56 Å². The molecule has 0 unspecified atom stereocenters. The number of amides is 2. The smallest absolute Gasteiger partial charge is 0.322 e. The maximum absolute atomic E-state index is 12.3. The van der Waals surface area contributed by atoms with Crippen LogP contribution < -0.4 is 4.90 Å². The van der Waals surface area contributed by atoms with Gasteiger partial charge in [-0.25, -0.2) is 4.79 Å². The van der Waals surface area contributed by atoms with Gasteiger partial charge in [0, 0.05) is 38.9 Å². The highest BCUT2D eigenvalue weighted by Gasteiger charge is 2.22. The summed E-state index contributed by atoms with van der Waals surface area (Å²) in [6.07, 6.45) is 0. The summed E-state index contributed by atoms with van der Waals surface area (Å²) in [4.78, 5) is 18.2. The molecule has 2 amide bonds. The first-order valence-electron chi connectivity index (χ1n) is 6.36. The Morgan fingerprint density at radius 1 is 1.11 bits per heavy atom. The topological polar surface area (TPSA) is 26.8 Å². The maximum atomic E-state index is 12.3. The second-order valence-electron chi connectivity index (χ2n) is 4.97. The van der Waals surface area contributed by atoms with E-state index in [0.717, 1.165) is 31.9 Å². The van der Waals surface area contributed by atoms with Crippen LogP contribution in [0.4, 0.5) is 10.5 Å². The van der Waals surface area contributed by atoms with Crippen molar-refractivity contribution < 1.29 is 4.79 Å². The molecule has 1 aromatic rings. The molecule has 2 rings (SSSR count). The van der Waals surface area contributed by atoms with Crippen LogP contribution in [-0.4, -0.2) is 56.1 Å². The van der Waals surface area contributed by atoms with Gasteiger partial charge in [-0.3, -0.25) is 4.90 Å². The molecule has 0 atom stereocenters. The van der Waals surface area contributed by atoms with Crippen LogP contribution in [0.5, 0.6) is 0 Å². The van der Waals surface area contributed by atoms with E-state index in [9.17, 15) is 4.79 Å². The van der Waals surface area contributed by atoms with E-state index in [2.05, 4.69) is 11.9 Å². The summed E-state index contributed by atoms with van der Waals surface area (Å²) in [6.45, 7) is 5.57. The van der Waals surface area contributed by atoms with Crippen molar-refractivity contribution >= 4 is 11.7 Å². The van der Waals surface area contributed by atoms with Gasteiger partial charge in [-0.15, -0.1) is 0 Å². The molecule has 0 radical (unpaired) electrons. The van der Waals surface area contributed by atoms with E-state index in [1.54, 1.807) is 4.90 Å². The Balaban J connectivity index is 2.02. The predicted octanol–water partition coefficient (Wildman–Crippen LogP) is 1.80. The first kappa shape index (κ1) is 12.9. The third kappa shape index (κ3) is 2.82. The molecular weight excluding hydrogens is 226 g/mol. The molecule has 0 spiro atoms. The zero-order valence-electron chi connectivity index (χ0n) is 11.4. The molecule has 98 valence electrons. The van der Waals surface area contributed by atoms with Crippen LogP contribution >= 0.6 is 0 Å². The van der Waals surface area contributed by atoms with E-state index in [1.807, 2.05) is 43.1 Å². The number of benzene rings is 1. The third-order valence-corrected chi connectivity index (χ3v) is 3.48. The summed E-state index contributed by atoms with van der Waals surface area (Å²) in [7, 11) is 3.93. The number of carbonyl (C=O) groups is 1. The number of likely N-dealkylation sites (N-methyl/N-ethyl adjacent to an activating group) is 1. The van der Waals surface area contributed by atoms with Crippen molar-refractivity contribution in [2.75, 3.05) is 45.2 Å². The molecule has 0 aromatic heterocycles. The molecule has 0 bridgehead atoms. The van der Waals surface area contributed by atoms with Crippen LogP contribution in [0, 0.1) is 6.92 Å². The number of nitrogens with zero attached hydrogens (tertiary/aromatic N) is 3. The first-order valence-corrected chi connectivity index (χ1v) is 6.36. The zero-order chi connectivity index (χ0) is 13.1. The van der Waals surface area contributed by atoms with E-state index >= 15 is 0 Å². The number of piperazine rings is 1. The molecule has 1 heterocycles. The van der Waals surface area contributed by atoms with Crippen molar-refractivity contribution in [3.05, 3.63) is 29.8 Å². The SMILES string of the molecule is Cc1ccc(N(C)C(=O)N2CCN(C)CC2)cc1. The Labute approximate surface area is 109 Å². The maximum Gasteiger partial charge on any atom is 0.324 e. The quantitative estimate of drug-likeness (QED) is 0.756. The van der Waals surface area contributed by atoms with Crippen LogP contribution in [0.15, 0.2) is 24.3 Å². The van der Waals surface area contributed by atoms with E-state index < -0.39 is 0 Å². The van der Waals surface area contributed by atoms with Gasteiger partial charge in [-0.05, 0) is 26.1 Å². The number of carbonyl (C=O) groups excluding carboxylic acids is 1. The molecule has 1 aliphatic heterocycles. The average molecular weight is 247 g/mol. The standard InChI is InChI=1S/C14H21N3O/c1-12-4-6-13(7-5-12)16(3)14(18)17-10-8-15(2)9-11-17/h4-7H,8-11H2,1-3H3. The van der Waals surface area contributed by atoms with Gasteiger partial charge < -0.3 is 9.80 Å². The van der Waals surface area contributed by atoms with Crippen molar-refractivity contribution in [2.45, 2.75) is 6.92 Å². The lowest BCUT2D eigenvalue weighted by Gasteiger charge is -2.35. The largest absolute Gasteiger partial charge is 0.324 e. The monoisotopic (exact) mass is 247 g/mol. The minimum Gasteiger partial charge on any atom is -0.322 e. The first-order chi connectivity index (χ1) is 8.58. The normalized spacial score (nSPS) is 16.7. The highest BCUT2D eigenvalue weighted by atomic mass is 16.2. The lowest BCUT2D eigenvalue weighted by atomic mass is 10.2. The Morgan fingerprint density at radius 2 is 1.67 bits per heavy atom. The van der Waals surface area contributed by atoms with Gasteiger partial charge >= 0.3 is 6.03 Å². The fraction of sp³-hybridized carbons (Fsp3) is 0.500. The second kappa shape index (κ2) is 5.40. The molecule has 1 aromatic carbocycles. The second-order valence-corrected chi connectivity index (χ2v) is 4.97. The summed E-state index contributed by atoms with van der Waals surface area (Å²) in [5.41, 5.74) is 2.16. The Bertz CT molecular complexity index is 408.